The van der Waals surface area contributed by atoms with Crippen molar-refractivity contribution in [1.29, 1.82) is 0 Å². The lowest BCUT2D eigenvalue weighted by atomic mass is 10.1. The molecule has 0 unspecified atom stereocenters. The van der Waals surface area contributed by atoms with Gasteiger partial charge in [0, 0.05) is 24.3 Å². The number of unbranched alkanes of at least 4 members (excludes halogenated alkanes) is 3. The quantitative estimate of drug-likeness (QED) is 0.422. The van der Waals surface area contributed by atoms with Crippen LogP contribution in [0, 0.1) is 0 Å². The number of para-hydroxylation sites is 1. The van der Waals surface area contributed by atoms with Crippen LogP contribution in [0.25, 0.3) is 0 Å². The fraction of sp³-hybridized carbons (Fsp3) is 0.400. The monoisotopic (exact) mass is 469 g/mol. The summed E-state index contributed by atoms with van der Waals surface area (Å²) in [5, 5.41) is 5.83. The Labute approximate surface area is 200 Å². The molecule has 1 aliphatic heterocycles. The van der Waals surface area contributed by atoms with Crippen LogP contribution in [0.3, 0.4) is 0 Å². The van der Waals surface area contributed by atoms with Crippen LogP contribution in [-0.2, 0) is 4.74 Å². The molecule has 0 aliphatic carbocycles. The fourth-order valence-electron chi connectivity index (χ4n) is 3.50. The van der Waals surface area contributed by atoms with E-state index in [2.05, 4.69) is 17.6 Å². The zero-order chi connectivity index (χ0) is 23.5. The van der Waals surface area contributed by atoms with Gasteiger partial charge in [-0.3, -0.25) is 14.9 Å². The molecule has 0 saturated carbocycles. The van der Waals surface area contributed by atoms with E-state index in [9.17, 15) is 9.59 Å². The van der Waals surface area contributed by atoms with Crippen molar-refractivity contribution in [2.24, 2.45) is 0 Å². The molecule has 0 radical (unpaired) electrons. The predicted molar refractivity (Wildman–Crippen MR) is 133 cm³/mol. The lowest BCUT2D eigenvalue weighted by molar-refractivity contribution is 0.0303. The SMILES string of the molecule is CCCCCCOc1ccccc1C(=O)NC(=S)Nc1cccc(C(=O)N2CCOCC2)c1. The van der Waals surface area contributed by atoms with Crippen LogP contribution in [0.4, 0.5) is 5.69 Å². The average molecular weight is 470 g/mol. The van der Waals surface area contributed by atoms with Crippen molar-refractivity contribution in [3.05, 3.63) is 59.7 Å². The van der Waals surface area contributed by atoms with Crippen LogP contribution in [0.15, 0.2) is 48.5 Å². The lowest BCUT2D eigenvalue weighted by Crippen LogP contribution is -2.40. The molecular formula is C25H31N3O4S. The Balaban J connectivity index is 1.57. The molecule has 8 heteroatoms. The van der Waals surface area contributed by atoms with Crippen molar-refractivity contribution in [1.82, 2.24) is 10.2 Å². The van der Waals surface area contributed by atoms with Crippen LogP contribution in [0.5, 0.6) is 5.75 Å². The summed E-state index contributed by atoms with van der Waals surface area (Å²) in [5.74, 6) is 0.131. The molecule has 1 saturated heterocycles. The largest absolute Gasteiger partial charge is 0.493 e. The van der Waals surface area contributed by atoms with Crippen molar-refractivity contribution < 1.29 is 19.1 Å². The van der Waals surface area contributed by atoms with Gasteiger partial charge in [0.2, 0.25) is 0 Å². The van der Waals surface area contributed by atoms with Gasteiger partial charge in [-0.05, 0) is 49.0 Å². The molecule has 33 heavy (non-hydrogen) atoms. The summed E-state index contributed by atoms with van der Waals surface area (Å²) >= 11 is 5.33. The summed E-state index contributed by atoms with van der Waals surface area (Å²) in [6.07, 6.45) is 4.38. The number of ether oxygens (including phenoxy) is 2. The molecule has 2 aromatic rings. The van der Waals surface area contributed by atoms with E-state index in [0.717, 1.165) is 19.3 Å². The Hall–Kier alpha value is -2.97. The van der Waals surface area contributed by atoms with Crippen LogP contribution in [-0.4, -0.2) is 54.7 Å². The Morgan fingerprint density at radius 1 is 1.06 bits per heavy atom. The maximum atomic E-state index is 12.8. The number of thiocarbonyl (C=S) groups is 1. The molecule has 7 nitrogen and oxygen atoms in total. The Morgan fingerprint density at radius 2 is 1.85 bits per heavy atom. The first kappa shape index (κ1) is 24.7. The van der Waals surface area contributed by atoms with E-state index in [1.165, 1.54) is 6.42 Å². The summed E-state index contributed by atoms with van der Waals surface area (Å²) in [5.41, 5.74) is 1.60. The molecule has 0 aromatic heterocycles. The van der Waals surface area contributed by atoms with Gasteiger partial charge in [0.25, 0.3) is 11.8 Å². The van der Waals surface area contributed by atoms with Crippen molar-refractivity contribution >= 4 is 34.8 Å². The second kappa shape index (κ2) is 12.9. The number of nitrogens with zero attached hydrogens (tertiary/aromatic N) is 1. The first-order valence-electron chi connectivity index (χ1n) is 11.4. The molecule has 0 atom stereocenters. The summed E-state index contributed by atoms with van der Waals surface area (Å²) in [6, 6.07) is 14.2. The van der Waals surface area contributed by atoms with Gasteiger partial charge >= 0.3 is 0 Å². The smallest absolute Gasteiger partial charge is 0.261 e. The normalized spacial score (nSPS) is 13.3. The highest BCUT2D eigenvalue weighted by atomic mass is 32.1. The van der Waals surface area contributed by atoms with Gasteiger partial charge in [0.15, 0.2) is 5.11 Å². The maximum Gasteiger partial charge on any atom is 0.261 e. The van der Waals surface area contributed by atoms with Crippen LogP contribution in [0.2, 0.25) is 0 Å². The standard InChI is InChI=1S/C25H31N3O4S/c1-2-3-4-7-15-32-22-12-6-5-11-21(22)23(29)27-25(33)26-20-10-8-9-19(18-20)24(30)28-13-16-31-17-14-28/h5-6,8-12,18H,2-4,7,13-17H2,1H3,(H2,26,27,29,33). The first-order chi connectivity index (χ1) is 16.1. The summed E-state index contributed by atoms with van der Waals surface area (Å²) < 4.78 is 11.1. The maximum absolute atomic E-state index is 12.8. The highest BCUT2D eigenvalue weighted by Gasteiger charge is 2.19. The summed E-state index contributed by atoms with van der Waals surface area (Å²) in [7, 11) is 0. The van der Waals surface area contributed by atoms with Gasteiger partial charge < -0.3 is 19.7 Å². The Morgan fingerprint density at radius 3 is 2.64 bits per heavy atom. The van der Waals surface area contributed by atoms with Crippen LogP contribution >= 0.6 is 12.2 Å². The first-order valence-corrected chi connectivity index (χ1v) is 11.8. The summed E-state index contributed by atoms with van der Waals surface area (Å²) in [6.45, 7) is 4.97. The van der Waals surface area contributed by atoms with Gasteiger partial charge in [-0.15, -0.1) is 0 Å². The molecule has 0 bridgehead atoms. The third-order valence-corrected chi connectivity index (χ3v) is 5.48. The fourth-order valence-corrected chi connectivity index (χ4v) is 3.71. The van der Waals surface area contributed by atoms with Gasteiger partial charge in [0.05, 0.1) is 25.4 Å². The topological polar surface area (TPSA) is 79.9 Å². The predicted octanol–water partition coefficient (Wildman–Crippen LogP) is 4.24. The average Bonchev–Trinajstić information content (AvgIpc) is 2.84. The molecule has 2 N–H and O–H groups in total. The highest BCUT2D eigenvalue weighted by molar-refractivity contribution is 7.80. The van der Waals surface area contributed by atoms with Gasteiger partial charge in [-0.25, -0.2) is 0 Å². The van der Waals surface area contributed by atoms with E-state index in [-0.39, 0.29) is 16.9 Å². The van der Waals surface area contributed by atoms with Crippen molar-refractivity contribution in [3.8, 4) is 5.75 Å². The lowest BCUT2D eigenvalue weighted by Gasteiger charge is -2.27. The van der Waals surface area contributed by atoms with E-state index < -0.39 is 0 Å². The zero-order valence-electron chi connectivity index (χ0n) is 19.0. The molecule has 176 valence electrons. The number of anilines is 1. The number of amides is 2. The molecule has 1 fully saturated rings. The number of rotatable bonds is 9. The van der Waals surface area contributed by atoms with Crippen molar-refractivity contribution in [3.63, 3.8) is 0 Å². The molecule has 1 heterocycles. The number of nitrogens with one attached hydrogen (secondary N) is 2. The minimum atomic E-state index is -0.350. The molecular weight excluding hydrogens is 438 g/mol. The van der Waals surface area contributed by atoms with Gasteiger partial charge in [-0.2, -0.15) is 0 Å². The minimum Gasteiger partial charge on any atom is -0.493 e. The van der Waals surface area contributed by atoms with Crippen LogP contribution in [0.1, 0.15) is 53.3 Å². The van der Waals surface area contributed by atoms with Gasteiger partial charge in [-0.1, -0.05) is 44.4 Å². The number of benzene rings is 2. The van der Waals surface area contributed by atoms with Gasteiger partial charge in [0.1, 0.15) is 5.75 Å². The number of carbonyl (C=O) groups is 2. The van der Waals surface area contributed by atoms with Crippen LogP contribution < -0.4 is 15.4 Å². The number of morpholine rings is 1. The second-order valence-electron chi connectivity index (χ2n) is 7.80. The third kappa shape index (κ3) is 7.54. The molecule has 1 aliphatic rings. The number of carbonyl (C=O) groups excluding carboxylic acids is 2. The van der Waals surface area contributed by atoms with E-state index in [1.807, 2.05) is 6.07 Å². The minimum absolute atomic E-state index is 0.0538. The van der Waals surface area contributed by atoms with E-state index in [1.54, 1.807) is 47.4 Å². The highest BCUT2D eigenvalue weighted by Crippen LogP contribution is 2.19. The number of hydrogen-bond acceptors (Lipinski definition) is 5. The molecule has 3 rings (SSSR count). The number of hydrogen-bond donors (Lipinski definition) is 2. The van der Waals surface area contributed by atoms with E-state index in [0.29, 0.717) is 55.5 Å². The summed E-state index contributed by atoms with van der Waals surface area (Å²) in [4.78, 5) is 27.3. The molecule has 0 spiro atoms. The third-order valence-electron chi connectivity index (χ3n) is 5.28. The van der Waals surface area contributed by atoms with E-state index in [4.69, 9.17) is 21.7 Å². The molecule has 2 aromatic carbocycles. The van der Waals surface area contributed by atoms with E-state index >= 15 is 0 Å². The zero-order valence-corrected chi connectivity index (χ0v) is 19.8. The Kier molecular flexibility index (Phi) is 9.65. The second-order valence-corrected chi connectivity index (χ2v) is 8.21. The molecule has 2 amide bonds. The Bertz CT molecular complexity index is 960. The van der Waals surface area contributed by atoms with Crippen molar-refractivity contribution in [2.75, 3.05) is 38.2 Å². The van der Waals surface area contributed by atoms with Crippen molar-refractivity contribution in [2.45, 2.75) is 32.6 Å².